The molecule has 0 unspecified atom stereocenters. The fourth-order valence-electron chi connectivity index (χ4n) is 2.66. The van der Waals surface area contributed by atoms with Gasteiger partial charge in [-0.15, -0.1) is 10.2 Å². The number of oxime groups is 1. The van der Waals surface area contributed by atoms with Crippen molar-refractivity contribution in [2.24, 2.45) is 5.16 Å². The molecular formula is C13H18F3N5OS. The number of hydrogen-bond acceptors (Lipinski definition) is 7. The van der Waals surface area contributed by atoms with Crippen LogP contribution in [0.25, 0.3) is 0 Å². The lowest BCUT2D eigenvalue weighted by atomic mass is 10.1. The Balaban J connectivity index is 1.48. The maximum Gasteiger partial charge on any atom is 0.445 e. The zero-order valence-electron chi connectivity index (χ0n) is 12.7. The molecule has 1 aromatic rings. The second-order valence-corrected chi connectivity index (χ2v) is 6.57. The first-order valence-corrected chi connectivity index (χ1v) is 8.37. The standard InChI is InChI=1S/C13H18F3N5OS/c1-2-9-7-10(22-19-9)8-20-3-5-21(6-4-20)12-18-17-11(23-12)13(14,15)16/h10H,2-8H2,1H3/t10-/m1/s1. The molecule has 128 valence electrons. The predicted octanol–water partition coefficient (Wildman–Crippen LogP) is 2.23. The highest BCUT2D eigenvalue weighted by atomic mass is 32.1. The van der Waals surface area contributed by atoms with Gasteiger partial charge in [-0.3, -0.25) is 4.90 Å². The molecule has 3 heterocycles. The Hall–Kier alpha value is -1.42. The Morgan fingerprint density at radius 1 is 1.22 bits per heavy atom. The summed E-state index contributed by atoms with van der Waals surface area (Å²) in [5.74, 6) is 0. The molecule has 0 aromatic carbocycles. The lowest BCUT2D eigenvalue weighted by Crippen LogP contribution is -2.48. The Morgan fingerprint density at radius 3 is 2.52 bits per heavy atom. The van der Waals surface area contributed by atoms with Gasteiger partial charge in [0.2, 0.25) is 10.1 Å². The third-order valence-electron chi connectivity index (χ3n) is 3.96. The molecule has 0 N–H and O–H groups in total. The number of nitrogens with zero attached hydrogens (tertiary/aromatic N) is 5. The first kappa shape index (κ1) is 16.4. The van der Waals surface area contributed by atoms with Crippen LogP contribution < -0.4 is 4.90 Å². The average molecular weight is 349 g/mol. The van der Waals surface area contributed by atoms with E-state index >= 15 is 0 Å². The van der Waals surface area contributed by atoms with E-state index in [1.165, 1.54) is 0 Å². The van der Waals surface area contributed by atoms with E-state index in [1.807, 2.05) is 4.90 Å². The molecule has 1 atom stereocenters. The van der Waals surface area contributed by atoms with Crippen LogP contribution in [0.1, 0.15) is 24.8 Å². The molecule has 1 aromatic heterocycles. The maximum atomic E-state index is 12.6. The van der Waals surface area contributed by atoms with Crippen LogP contribution >= 0.6 is 11.3 Å². The van der Waals surface area contributed by atoms with Gasteiger partial charge in [0.1, 0.15) is 6.10 Å². The minimum Gasteiger partial charge on any atom is -0.391 e. The van der Waals surface area contributed by atoms with Gasteiger partial charge in [0, 0.05) is 39.1 Å². The summed E-state index contributed by atoms with van der Waals surface area (Å²) in [5, 5.41) is 10.4. The van der Waals surface area contributed by atoms with Crippen molar-refractivity contribution in [1.29, 1.82) is 0 Å². The molecule has 0 amide bonds. The van der Waals surface area contributed by atoms with Gasteiger partial charge in [-0.1, -0.05) is 23.4 Å². The van der Waals surface area contributed by atoms with Gasteiger partial charge >= 0.3 is 6.18 Å². The molecule has 0 aliphatic carbocycles. The van der Waals surface area contributed by atoms with Crippen molar-refractivity contribution >= 4 is 22.2 Å². The van der Waals surface area contributed by atoms with Crippen molar-refractivity contribution in [1.82, 2.24) is 15.1 Å². The summed E-state index contributed by atoms with van der Waals surface area (Å²) in [6, 6.07) is 0. The lowest BCUT2D eigenvalue weighted by molar-refractivity contribution is -0.138. The van der Waals surface area contributed by atoms with Crippen LogP contribution in [0.15, 0.2) is 5.16 Å². The third kappa shape index (κ3) is 3.92. The molecular weight excluding hydrogens is 331 g/mol. The van der Waals surface area contributed by atoms with Gasteiger partial charge in [-0.25, -0.2) is 0 Å². The topological polar surface area (TPSA) is 53.9 Å². The molecule has 6 nitrogen and oxygen atoms in total. The van der Waals surface area contributed by atoms with Gasteiger partial charge in [0.05, 0.1) is 5.71 Å². The largest absolute Gasteiger partial charge is 0.445 e. The number of aromatic nitrogens is 2. The van der Waals surface area contributed by atoms with Crippen molar-refractivity contribution in [3.63, 3.8) is 0 Å². The molecule has 0 spiro atoms. The van der Waals surface area contributed by atoms with E-state index in [0.29, 0.717) is 29.6 Å². The molecule has 2 aliphatic rings. The van der Waals surface area contributed by atoms with Gasteiger partial charge in [-0.05, 0) is 6.42 Å². The summed E-state index contributed by atoms with van der Waals surface area (Å²) in [4.78, 5) is 9.50. The van der Waals surface area contributed by atoms with Crippen LogP contribution in [-0.4, -0.2) is 59.6 Å². The minimum absolute atomic E-state index is 0.0925. The zero-order valence-corrected chi connectivity index (χ0v) is 13.5. The predicted molar refractivity (Wildman–Crippen MR) is 80.8 cm³/mol. The zero-order chi connectivity index (χ0) is 16.4. The third-order valence-corrected chi connectivity index (χ3v) is 4.99. The molecule has 1 fully saturated rings. The van der Waals surface area contributed by atoms with E-state index in [2.05, 4.69) is 27.2 Å². The van der Waals surface area contributed by atoms with Gasteiger partial charge in [-0.2, -0.15) is 13.2 Å². The number of hydrogen-bond donors (Lipinski definition) is 0. The van der Waals surface area contributed by atoms with Crippen LogP contribution in [0.5, 0.6) is 0 Å². The first-order valence-electron chi connectivity index (χ1n) is 7.55. The second-order valence-electron chi connectivity index (χ2n) is 5.62. The van der Waals surface area contributed by atoms with Gasteiger partial charge in [0.15, 0.2) is 0 Å². The van der Waals surface area contributed by atoms with Gasteiger partial charge in [0.25, 0.3) is 0 Å². The van der Waals surface area contributed by atoms with E-state index in [1.54, 1.807) is 0 Å². The highest BCUT2D eigenvalue weighted by molar-refractivity contribution is 7.15. The molecule has 2 aliphatic heterocycles. The SMILES string of the molecule is CCC1=NO[C@@H](CN2CCN(c3nnc(C(F)(F)F)s3)CC2)C1. The molecule has 1 saturated heterocycles. The van der Waals surface area contributed by atoms with E-state index < -0.39 is 11.2 Å². The summed E-state index contributed by atoms with van der Waals surface area (Å²) >= 11 is 0.601. The highest BCUT2D eigenvalue weighted by Gasteiger charge is 2.36. The number of anilines is 1. The number of alkyl halides is 3. The summed E-state index contributed by atoms with van der Waals surface area (Å²) in [7, 11) is 0. The van der Waals surface area contributed by atoms with Crippen molar-refractivity contribution in [3.8, 4) is 0 Å². The van der Waals surface area contributed by atoms with Crippen LogP contribution in [0, 0.1) is 0 Å². The van der Waals surface area contributed by atoms with E-state index in [0.717, 1.165) is 38.2 Å². The summed E-state index contributed by atoms with van der Waals surface area (Å²) in [5.41, 5.74) is 1.09. The summed E-state index contributed by atoms with van der Waals surface area (Å²) in [6.07, 6.45) is -2.56. The molecule has 0 radical (unpaired) electrons. The van der Waals surface area contributed by atoms with Crippen molar-refractivity contribution < 1.29 is 18.0 Å². The van der Waals surface area contributed by atoms with E-state index in [9.17, 15) is 13.2 Å². The lowest BCUT2D eigenvalue weighted by Gasteiger charge is -2.34. The Bertz CT molecular complexity index is 568. The monoisotopic (exact) mass is 349 g/mol. The highest BCUT2D eigenvalue weighted by Crippen LogP contribution is 2.34. The Kier molecular flexibility index (Phi) is 4.72. The van der Waals surface area contributed by atoms with Crippen LogP contribution in [0.4, 0.5) is 18.3 Å². The number of halogens is 3. The Morgan fingerprint density at radius 2 is 1.96 bits per heavy atom. The maximum absolute atomic E-state index is 12.6. The van der Waals surface area contributed by atoms with Crippen LogP contribution in [0.2, 0.25) is 0 Å². The van der Waals surface area contributed by atoms with Gasteiger partial charge < -0.3 is 9.74 Å². The minimum atomic E-state index is -4.42. The van der Waals surface area contributed by atoms with Crippen molar-refractivity contribution in [3.05, 3.63) is 5.01 Å². The van der Waals surface area contributed by atoms with Crippen LogP contribution in [-0.2, 0) is 11.0 Å². The molecule has 23 heavy (non-hydrogen) atoms. The fraction of sp³-hybridized carbons (Fsp3) is 0.769. The normalized spacial score (nSPS) is 23.0. The summed E-state index contributed by atoms with van der Waals surface area (Å²) < 4.78 is 37.7. The van der Waals surface area contributed by atoms with Crippen molar-refractivity contribution in [2.75, 3.05) is 37.6 Å². The Labute approximate surface area is 135 Å². The molecule has 10 heteroatoms. The average Bonchev–Trinajstić information content (AvgIpc) is 3.16. The molecule has 0 saturated carbocycles. The fourth-order valence-corrected chi connectivity index (χ4v) is 3.42. The quantitative estimate of drug-likeness (QED) is 0.834. The smallest absolute Gasteiger partial charge is 0.391 e. The van der Waals surface area contributed by atoms with E-state index in [4.69, 9.17) is 4.84 Å². The summed E-state index contributed by atoms with van der Waals surface area (Å²) in [6.45, 7) is 5.66. The first-order chi connectivity index (χ1) is 11.0. The van der Waals surface area contributed by atoms with E-state index in [-0.39, 0.29) is 6.10 Å². The second kappa shape index (κ2) is 6.60. The number of piperazine rings is 1. The molecule has 0 bridgehead atoms. The van der Waals surface area contributed by atoms with Crippen molar-refractivity contribution in [2.45, 2.75) is 32.0 Å². The number of rotatable bonds is 4. The van der Waals surface area contributed by atoms with Crippen LogP contribution in [0.3, 0.4) is 0 Å². The molecule has 3 rings (SSSR count).